The Bertz CT molecular complexity index is 1310. The van der Waals surface area contributed by atoms with Gasteiger partial charge in [-0.3, -0.25) is 14.9 Å². The van der Waals surface area contributed by atoms with Gasteiger partial charge in [0.15, 0.2) is 0 Å². The summed E-state index contributed by atoms with van der Waals surface area (Å²) >= 11 is 6.65. The Hall–Kier alpha value is -3.38. The number of aryl methyl sites for hydroxylation is 1. The van der Waals surface area contributed by atoms with Crippen molar-refractivity contribution < 1.29 is 14.4 Å². The molecular weight excluding hydrogens is 450 g/mol. The number of imide groups is 2. The topological polar surface area (TPSA) is 69.7 Å². The number of fused-ring (bicyclic) bond motifs is 1. The van der Waals surface area contributed by atoms with Gasteiger partial charge in [-0.15, -0.1) is 0 Å². The molecule has 0 saturated carbocycles. The predicted molar refractivity (Wildman–Crippen MR) is 137 cm³/mol. The van der Waals surface area contributed by atoms with Gasteiger partial charge in [-0.1, -0.05) is 29.8 Å². The van der Waals surface area contributed by atoms with Crippen molar-refractivity contribution >= 4 is 52.5 Å². The third-order valence-corrected chi connectivity index (χ3v) is 6.96. The van der Waals surface area contributed by atoms with Crippen molar-refractivity contribution in [3.8, 4) is 0 Å². The lowest BCUT2D eigenvalue weighted by atomic mass is 9.87. The summed E-state index contributed by atoms with van der Waals surface area (Å²) < 4.78 is 0. The Morgan fingerprint density at radius 3 is 2.44 bits per heavy atom. The number of carbonyl (C=O) groups is 3. The molecule has 4 amide bonds. The average Bonchev–Trinajstić information content (AvgIpc) is 2.74. The number of rotatable bonds is 3. The third-order valence-electron chi connectivity index (χ3n) is 6.63. The number of benzene rings is 2. The molecule has 4 rings (SSSR count). The number of hydrogen-bond donors (Lipinski definition) is 1. The fourth-order valence-corrected chi connectivity index (χ4v) is 5.03. The number of carbonyl (C=O) groups excluding carboxylic acids is 3. The number of anilines is 2. The molecule has 2 heterocycles. The molecule has 7 heteroatoms. The van der Waals surface area contributed by atoms with Crippen LogP contribution < -0.4 is 15.1 Å². The van der Waals surface area contributed by atoms with Crippen molar-refractivity contribution in [2.24, 2.45) is 0 Å². The molecule has 34 heavy (non-hydrogen) atoms. The van der Waals surface area contributed by atoms with E-state index in [1.165, 1.54) is 6.08 Å². The molecule has 0 spiro atoms. The molecule has 2 aliphatic heterocycles. The number of halogens is 1. The largest absolute Gasteiger partial charge is 0.363 e. The Morgan fingerprint density at radius 1 is 1.06 bits per heavy atom. The van der Waals surface area contributed by atoms with Gasteiger partial charge in [0, 0.05) is 22.8 Å². The molecule has 1 N–H and O–H groups in total. The van der Waals surface area contributed by atoms with Crippen LogP contribution in [0.3, 0.4) is 0 Å². The Balaban J connectivity index is 1.82. The molecule has 2 aliphatic rings. The highest BCUT2D eigenvalue weighted by Gasteiger charge is 2.38. The smallest absolute Gasteiger partial charge is 0.335 e. The minimum absolute atomic E-state index is 0.146. The van der Waals surface area contributed by atoms with E-state index < -0.39 is 17.8 Å². The fraction of sp³-hybridized carbons (Fsp3) is 0.296. The van der Waals surface area contributed by atoms with Crippen molar-refractivity contribution in [1.29, 1.82) is 0 Å². The van der Waals surface area contributed by atoms with E-state index in [0.717, 1.165) is 39.4 Å². The number of amides is 4. The van der Waals surface area contributed by atoms with E-state index in [1.807, 2.05) is 39.0 Å². The molecular formula is C27H28ClN3O3. The lowest BCUT2D eigenvalue weighted by Gasteiger charge is -2.43. The maximum absolute atomic E-state index is 13.4. The molecule has 0 aromatic heterocycles. The quantitative estimate of drug-likeness (QED) is 0.458. The van der Waals surface area contributed by atoms with Gasteiger partial charge in [-0.25, -0.2) is 9.69 Å². The summed E-state index contributed by atoms with van der Waals surface area (Å²) in [7, 11) is 0. The molecule has 1 saturated heterocycles. The van der Waals surface area contributed by atoms with Crippen LogP contribution in [-0.4, -0.2) is 29.9 Å². The zero-order chi connectivity index (χ0) is 24.9. The number of barbiturate groups is 1. The molecule has 0 bridgehead atoms. The van der Waals surface area contributed by atoms with Crippen LogP contribution in [0.2, 0.25) is 5.02 Å². The number of urea groups is 1. The highest BCUT2D eigenvalue weighted by molar-refractivity contribution is 6.40. The zero-order valence-electron chi connectivity index (χ0n) is 20.2. The summed E-state index contributed by atoms with van der Waals surface area (Å²) in [5, 5.41) is 2.71. The van der Waals surface area contributed by atoms with Crippen LogP contribution in [0, 0.1) is 13.8 Å². The van der Waals surface area contributed by atoms with Gasteiger partial charge in [0.05, 0.1) is 11.2 Å². The Morgan fingerprint density at radius 2 is 1.76 bits per heavy atom. The van der Waals surface area contributed by atoms with E-state index in [4.69, 9.17) is 11.6 Å². The molecule has 176 valence electrons. The van der Waals surface area contributed by atoms with Crippen LogP contribution in [0.4, 0.5) is 16.2 Å². The van der Waals surface area contributed by atoms with E-state index in [9.17, 15) is 14.4 Å². The lowest BCUT2D eigenvalue weighted by Crippen LogP contribution is -2.54. The predicted octanol–water partition coefficient (Wildman–Crippen LogP) is 5.65. The molecule has 6 nitrogen and oxygen atoms in total. The second-order valence-electron chi connectivity index (χ2n) is 9.29. The first-order chi connectivity index (χ1) is 16.0. The number of likely N-dealkylation sites (N-methyl/N-ethyl adjacent to an activating group) is 1. The normalized spacial score (nSPS) is 18.7. The number of nitrogens with zero attached hydrogens (tertiary/aromatic N) is 2. The maximum atomic E-state index is 13.4. The van der Waals surface area contributed by atoms with Crippen molar-refractivity contribution in [2.75, 3.05) is 16.3 Å². The van der Waals surface area contributed by atoms with E-state index in [1.54, 1.807) is 12.1 Å². The second kappa shape index (κ2) is 8.44. The highest BCUT2D eigenvalue weighted by Crippen LogP contribution is 2.42. The van der Waals surface area contributed by atoms with Crippen molar-refractivity contribution in [1.82, 2.24) is 5.32 Å². The molecule has 2 aromatic carbocycles. The van der Waals surface area contributed by atoms with Crippen LogP contribution in [0.1, 0.15) is 49.9 Å². The van der Waals surface area contributed by atoms with Crippen LogP contribution in [0.25, 0.3) is 11.6 Å². The molecule has 0 radical (unpaired) electrons. The molecule has 0 atom stereocenters. The molecule has 2 aromatic rings. The van der Waals surface area contributed by atoms with Crippen molar-refractivity contribution in [3.63, 3.8) is 0 Å². The monoisotopic (exact) mass is 477 g/mol. The van der Waals surface area contributed by atoms with Gasteiger partial charge in [-0.05, 0) is 88.1 Å². The van der Waals surface area contributed by atoms with Crippen LogP contribution >= 0.6 is 11.6 Å². The lowest BCUT2D eigenvalue weighted by molar-refractivity contribution is -0.122. The van der Waals surface area contributed by atoms with Gasteiger partial charge in [0.25, 0.3) is 11.8 Å². The standard InChI is InChI=1S/C27H28ClN3O3/c1-7-30-23-13-21(28)18(11-19(23)16(3)14-27(30,5)6)12-20-24(32)29-26(34)31(25(20)33)22-10-8-9-15(2)17(22)4/h8-14H,7H2,1-6H3,(H,29,32,34)/b20-12-. The Kier molecular flexibility index (Phi) is 5.90. The average molecular weight is 478 g/mol. The zero-order valence-corrected chi connectivity index (χ0v) is 21.0. The van der Waals surface area contributed by atoms with Gasteiger partial charge in [0.2, 0.25) is 0 Å². The van der Waals surface area contributed by atoms with E-state index in [0.29, 0.717) is 16.3 Å². The minimum Gasteiger partial charge on any atom is -0.363 e. The summed E-state index contributed by atoms with van der Waals surface area (Å²) in [5.74, 6) is -1.42. The number of nitrogens with one attached hydrogen (secondary N) is 1. The Labute approximate surface area is 204 Å². The summed E-state index contributed by atoms with van der Waals surface area (Å²) in [6, 6.07) is 8.37. The first kappa shape index (κ1) is 23.8. The van der Waals surface area contributed by atoms with Crippen molar-refractivity contribution in [2.45, 2.75) is 47.1 Å². The minimum atomic E-state index is -0.767. The fourth-order valence-electron chi connectivity index (χ4n) is 4.81. The molecule has 0 aliphatic carbocycles. The van der Waals surface area contributed by atoms with Gasteiger partial charge in [0.1, 0.15) is 5.57 Å². The summed E-state index contributed by atoms with van der Waals surface area (Å²) in [4.78, 5) is 41.9. The first-order valence-electron chi connectivity index (χ1n) is 11.2. The van der Waals surface area contributed by atoms with Crippen LogP contribution in [0.5, 0.6) is 0 Å². The maximum Gasteiger partial charge on any atom is 0.335 e. The highest BCUT2D eigenvalue weighted by atomic mass is 35.5. The SMILES string of the molecule is CCN1c2cc(Cl)c(/C=C3/C(=O)NC(=O)N(c4cccc(C)c4C)C3=O)cc2C(C)=CC1(C)C. The van der Waals surface area contributed by atoms with Gasteiger partial charge >= 0.3 is 6.03 Å². The number of allylic oxidation sites excluding steroid dienone is 1. The van der Waals surface area contributed by atoms with Gasteiger partial charge < -0.3 is 4.90 Å². The molecule has 0 unspecified atom stereocenters. The third kappa shape index (κ3) is 3.82. The van der Waals surface area contributed by atoms with Crippen LogP contribution in [-0.2, 0) is 9.59 Å². The van der Waals surface area contributed by atoms with Gasteiger partial charge in [-0.2, -0.15) is 0 Å². The summed E-state index contributed by atoms with van der Waals surface area (Å²) in [5.41, 5.74) is 5.48. The molecule has 1 fully saturated rings. The number of hydrogen-bond acceptors (Lipinski definition) is 4. The first-order valence-corrected chi connectivity index (χ1v) is 11.6. The van der Waals surface area contributed by atoms with Crippen LogP contribution in [0.15, 0.2) is 42.0 Å². The van der Waals surface area contributed by atoms with E-state index in [-0.39, 0.29) is 11.1 Å². The van der Waals surface area contributed by atoms with Crippen molar-refractivity contribution in [3.05, 3.63) is 69.3 Å². The van der Waals surface area contributed by atoms with E-state index in [2.05, 4.69) is 37.1 Å². The summed E-state index contributed by atoms with van der Waals surface area (Å²) in [6.07, 6.45) is 3.66. The second-order valence-corrected chi connectivity index (χ2v) is 9.70. The summed E-state index contributed by atoms with van der Waals surface area (Å²) in [6.45, 7) is 13.0. The van der Waals surface area contributed by atoms with E-state index >= 15 is 0 Å².